The highest BCUT2D eigenvalue weighted by Crippen LogP contribution is 2.29. The zero-order chi connectivity index (χ0) is 15.8. The van der Waals surface area contributed by atoms with Gasteiger partial charge in [-0.05, 0) is 53.2 Å². The predicted octanol–water partition coefficient (Wildman–Crippen LogP) is 3.43. The summed E-state index contributed by atoms with van der Waals surface area (Å²) in [5.41, 5.74) is -0.322. The van der Waals surface area contributed by atoms with Crippen molar-refractivity contribution in [2.24, 2.45) is 5.92 Å². The van der Waals surface area contributed by atoms with Crippen molar-refractivity contribution in [3.8, 4) is 0 Å². The Morgan fingerprint density at radius 2 is 2.10 bits per heavy atom. The van der Waals surface area contributed by atoms with Crippen molar-refractivity contribution < 1.29 is 17.6 Å². The molecule has 2 unspecified atom stereocenters. The summed E-state index contributed by atoms with van der Waals surface area (Å²) in [4.78, 5) is 11.8. The van der Waals surface area contributed by atoms with Gasteiger partial charge in [0.15, 0.2) is 0 Å². The lowest BCUT2D eigenvalue weighted by Gasteiger charge is -2.13. The maximum atomic E-state index is 13.9. The van der Waals surface area contributed by atoms with Crippen LogP contribution < -0.4 is 5.32 Å². The Kier molecular flexibility index (Phi) is 4.95. The lowest BCUT2D eigenvalue weighted by molar-refractivity contribution is 0.0933. The number of carbonyl (C=O) groups excluding carboxylic acids is 1. The summed E-state index contributed by atoms with van der Waals surface area (Å²) < 4.78 is 36.7. The number of amides is 1. The first-order valence-corrected chi connectivity index (χ1v) is 9.53. The van der Waals surface area contributed by atoms with Gasteiger partial charge >= 0.3 is 0 Å². The Labute approximate surface area is 135 Å². The van der Waals surface area contributed by atoms with Gasteiger partial charge in [-0.15, -0.1) is 0 Å². The number of benzene rings is 1. The molecule has 0 saturated heterocycles. The van der Waals surface area contributed by atoms with Crippen LogP contribution in [0, 0.1) is 11.7 Å². The molecule has 21 heavy (non-hydrogen) atoms. The van der Waals surface area contributed by atoms with E-state index < -0.39 is 20.8 Å². The van der Waals surface area contributed by atoms with E-state index in [1.54, 1.807) is 0 Å². The Morgan fingerprint density at radius 1 is 1.43 bits per heavy atom. The monoisotopic (exact) mass is 397 g/mol. The minimum Gasteiger partial charge on any atom is -0.349 e. The highest BCUT2D eigenvalue weighted by molar-refractivity contribution is 9.10. The minimum atomic E-state index is -4.06. The van der Waals surface area contributed by atoms with Gasteiger partial charge < -0.3 is 5.32 Å². The van der Waals surface area contributed by atoms with Crippen LogP contribution in [0.4, 0.5) is 4.39 Å². The highest BCUT2D eigenvalue weighted by atomic mass is 79.9. The topological polar surface area (TPSA) is 63.2 Å². The van der Waals surface area contributed by atoms with Crippen LogP contribution in [0.25, 0.3) is 0 Å². The van der Waals surface area contributed by atoms with Crippen molar-refractivity contribution in [2.75, 3.05) is 0 Å². The molecule has 1 aliphatic rings. The maximum absolute atomic E-state index is 13.9. The summed E-state index contributed by atoms with van der Waals surface area (Å²) in [5, 5.41) is 2.73. The van der Waals surface area contributed by atoms with Gasteiger partial charge in [0, 0.05) is 21.2 Å². The number of hydrogen-bond donors (Lipinski definition) is 1. The van der Waals surface area contributed by atoms with E-state index in [9.17, 15) is 17.6 Å². The van der Waals surface area contributed by atoms with E-state index in [4.69, 9.17) is 10.7 Å². The molecule has 116 valence electrons. The van der Waals surface area contributed by atoms with Crippen molar-refractivity contribution in [2.45, 2.75) is 37.1 Å². The molecular formula is C13H14BrClFNO3S. The fraction of sp³-hybridized carbons (Fsp3) is 0.462. The lowest BCUT2D eigenvalue weighted by atomic mass is 10.1. The van der Waals surface area contributed by atoms with Gasteiger partial charge in [-0.3, -0.25) is 4.79 Å². The van der Waals surface area contributed by atoms with Crippen molar-refractivity contribution in [3.63, 3.8) is 0 Å². The van der Waals surface area contributed by atoms with Crippen LogP contribution in [0.2, 0.25) is 0 Å². The molecule has 0 radical (unpaired) electrons. The van der Waals surface area contributed by atoms with E-state index in [2.05, 4.69) is 28.2 Å². The van der Waals surface area contributed by atoms with Crippen LogP contribution in [0.1, 0.15) is 36.5 Å². The zero-order valence-electron chi connectivity index (χ0n) is 11.2. The minimum absolute atomic E-state index is 0.00777. The molecule has 2 rings (SSSR count). The molecule has 0 aromatic heterocycles. The Bertz CT molecular complexity index is 680. The Hall–Kier alpha value is -0.660. The molecule has 0 aliphatic heterocycles. The van der Waals surface area contributed by atoms with Gasteiger partial charge in [-0.2, -0.15) is 0 Å². The van der Waals surface area contributed by atoms with E-state index in [-0.39, 0.29) is 21.0 Å². The van der Waals surface area contributed by atoms with Crippen LogP contribution in [-0.2, 0) is 9.05 Å². The van der Waals surface area contributed by atoms with Crippen LogP contribution >= 0.6 is 26.6 Å². The number of nitrogens with one attached hydrogen (secondary N) is 1. The second-order valence-electron chi connectivity index (χ2n) is 5.29. The second-order valence-corrected chi connectivity index (χ2v) is 8.68. The first-order valence-electron chi connectivity index (χ1n) is 6.43. The Balaban J connectivity index is 2.29. The van der Waals surface area contributed by atoms with Crippen LogP contribution in [-0.4, -0.2) is 20.4 Å². The third-order valence-corrected chi connectivity index (χ3v) is 5.84. The molecule has 0 bridgehead atoms. The van der Waals surface area contributed by atoms with Crippen LogP contribution in [0.5, 0.6) is 0 Å². The molecule has 0 spiro atoms. The summed E-state index contributed by atoms with van der Waals surface area (Å²) in [5.74, 6) is -0.904. The SMILES string of the molecule is CC1CCC(NC(=O)c2cc(S(=O)(=O)Cl)c(Br)cc2F)C1. The Morgan fingerprint density at radius 3 is 2.62 bits per heavy atom. The van der Waals surface area contributed by atoms with Gasteiger partial charge in [0.1, 0.15) is 5.82 Å². The molecule has 2 atom stereocenters. The number of hydrogen-bond acceptors (Lipinski definition) is 3. The molecule has 4 nitrogen and oxygen atoms in total. The van der Waals surface area contributed by atoms with E-state index in [0.29, 0.717) is 5.92 Å². The number of halogens is 3. The summed E-state index contributed by atoms with van der Waals surface area (Å²) >= 11 is 2.93. The van der Waals surface area contributed by atoms with Gasteiger partial charge in [0.2, 0.25) is 0 Å². The van der Waals surface area contributed by atoms with E-state index in [0.717, 1.165) is 31.4 Å². The quantitative estimate of drug-likeness (QED) is 0.793. The molecule has 1 aliphatic carbocycles. The van der Waals surface area contributed by atoms with Gasteiger partial charge in [-0.25, -0.2) is 12.8 Å². The van der Waals surface area contributed by atoms with Crippen LogP contribution in [0.15, 0.2) is 21.5 Å². The van der Waals surface area contributed by atoms with Crippen molar-refractivity contribution >= 4 is 41.6 Å². The summed E-state index contributed by atoms with van der Waals surface area (Å²) in [7, 11) is 1.21. The first kappa shape index (κ1) is 16.7. The van der Waals surface area contributed by atoms with E-state index in [1.165, 1.54) is 0 Å². The fourth-order valence-electron chi connectivity index (χ4n) is 2.49. The summed E-state index contributed by atoms with van der Waals surface area (Å²) in [6, 6.07) is 1.88. The first-order chi connectivity index (χ1) is 9.68. The van der Waals surface area contributed by atoms with Crippen molar-refractivity contribution in [1.29, 1.82) is 0 Å². The molecule has 1 fully saturated rings. The summed E-state index contributed by atoms with van der Waals surface area (Å²) in [6.45, 7) is 2.09. The molecule has 8 heteroatoms. The van der Waals surface area contributed by atoms with Gasteiger partial charge in [-0.1, -0.05) is 6.92 Å². The smallest absolute Gasteiger partial charge is 0.262 e. The largest absolute Gasteiger partial charge is 0.349 e. The zero-order valence-corrected chi connectivity index (χ0v) is 14.4. The van der Waals surface area contributed by atoms with Crippen molar-refractivity contribution in [1.82, 2.24) is 5.32 Å². The van der Waals surface area contributed by atoms with E-state index >= 15 is 0 Å². The second kappa shape index (κ2) is 6.22. The average Bonchev–Trinajstić information content (AvgIpc) is 2.72. The summed E-state index contributed by atoms with van der Waals surface area (Å²) in [6.07, 6.45) is 2.69. The molecule has 1 saturated carbocycles. The lowest BCUT2D eigenvalue weighted by Crippen LogP contribution is -2.33. The normalized spacial score (nSPS) is 22.3. The number of rotatable bonds is 3. The van der Waals surface area contributed by atoms with Crippen LogP contribution in [0.3, 0.4) is 0 Å². The van der Waals surface area contributed by atoms with E-state index in [1.807, 2.05) is 0 Å². The van der Waals surface area contributed by atoms with Crippen molar-refractivity contribution in [3.05, 3.63) is 28.0 Å². The predicted molar refractivity (Wildman–Crippen MR) is 81.4 cm³/mol. The molecule has 1 N–H and O–H groups in total. The molecule has 1 amide bonds. The number of carbonyl (C=O) groups is 1. The third kappa shape index (κ3) is 3.96. The standard InChI is InChI=1S/C13H14BrClFNO3S/c1-7-2-3-8(4-7)17-13(18)9-5-12(21(15,19)20)10(14)6-11(9)16/h5-8H,2-4H2,1H3,(H,17,18). The maximum Gasteiger partial charge on any atom is 0.262 e. The molecule has 1 aromatic rings. The molecule has 1 aromatic carbocycles. The molecule has 0 heterocycles. The third-order valence-electron chi connectivity index (χ3n) is 3.56. The average molecular weight is 399 g/mol. The highest BCUT2D eigenvalue weighted by Gasteiger charge is 2.26. The van der Waals surface area contributed by atoms with Gasteiger partial charge in [0.25, 0.3) is 15.0 Å². The van der Waals surface area contributed by atoms with Gasteiger partial charge in [0.05, 0.1) is 10.5 Å². The molecular weight excluding hydrogens is 385 g/mol. The fourth-order valence-corrected chi connectivity index (χ4v) is 4.66.